The van der Waals surface area contributed by atoms with Gasteiger partial charge in [0, 0.05) is 48.2 Å². The van der Waals surface area contributed by atoms with E-state index in [4.69, 9.17) is 5.84 Å². The Morgan fingerprint density at radius 2 is 1.89 bits per heavy atom. The molecule has 2 aliphatic heterocycles. The molecule has 2 saturated heterocycles. The molecule has 1 spiro atoms. The molecule has 2 aliphatic rings. The number of fused-ring (bicyclic) bond motifs is 1. The molecule has 1 unspecified atom stereocenters. The second-order valence-corrected chi connectivity index (χ2v) is 9.84. The zero-order valence-corrected chi connectivity index (χ0v) is 19.9. The second-order valence-electron chi connectivity index (χ2n) is 9.84. The second kappa shape index (κ2) is 8.98. The molecule has 9 heteroatoms. The maximum absolute atomic E-state index is 11.2. The third kappa shape index (κ3) is 4.29. The highest BCUT2D eigenvalue weighted by Gasteiger charge is 2.52. The summed E-state index contributed by atoms with van der Waals surface area (Å²) in [4.78, 5) is 20.0. The van der Waals surface area contributed by atoms with Crippen molar-refractivity contribution in [3.8, 4) is 17.0 Å². The quantitative estimate of drug-likeness (QED) is 0.186. The van der Waals surface area contributed by atoms with E-state index < -0.39 is 0 Å². The smallest absolute Gasteiger partial charge is 0.166 e. The fraction of sp³-hybridized carbons (Fsp3) is 0.346. The lowest BCUT2D eigenvalue weighted by molar-refractivity contribution is -0.109. The molecule has 35 heavy (non-hydrogen) atoms. The lowest BCUT2D eigenvalue weighted by Gasteiger charge is -2.61. The Morgan fingerprint density at radius 1 is 1.11 bits per heavy atom. The standard InChI is InChI=1S/C26H29N7O2/c1-17(2)23(12-34)28-11-25(29-27)33-15-26(16-33)13-32(14-26)19-8-7-18-9-22(31-30-21(18)10-19)20-5-3-4-6-24(20)35/h3-12,17,23,35H,13-16,27H2,1-2H3/b28-11?,29-25+. The molecule has 3 heterocycles. The van der Waals surface area contributed by atoms with Gasteiger partial charge < -0.3 is 25.5 Å². The van der Waals surface area contributed by atoms with Crippen molar-refractivity contribution in [1.29, 1.82) is 0 Å². The number of benzene rings is 2. The maximum atomic E-state index is 11.2. The van der Waals surface area contributed by atoms with Crippen LogP contribution >= 0.6 is 0 Å². The number of rotatable bonds is 6. The van der Waals surface area contributed by atoms with E-state index in [0.717, 1.165) is 49.1 Å². The first-order chi connectivity index (χ1) is 16.9. The number of hydrazone groups is 1. The number of nitrogens with zero attached hydrogens (tertiary/aromatic N) is 6. The molecule has 2 aromatic carbocycles. The molecule has 0 aliphatic carbocycles. The van der Waals surface area contributed by atoms with Crippen molar-refractivity contribution in [2.24, 2.45) is 27.3 Å². The number of nitrogens with two attached hydrogens (primary N) is 1. The molecular weight excluding hydrogens is 442 g/mol. The maximum Gasteiger partial charge on any atom is 0.166 e. The Balaban J connectivity index is 1.22. The first-order valence-corrected chi connectivity index (χ1v) is 11.7. The number of para-hydroxylation sites is 1. The first-order valence-electron chi connectivity index (χ1n) is 11.7. The molecule has 9 nitrogen and oxygen atoms in total. The van der Waals surface area contributed by atoms with E-state index in [1.54, 1.807) is 18.3 Å². The largest absolute Gasteiger partial charge is 0.507 e. The summed E-state index contributed by atoms with van der Waals surface area (Å²) in [7, 11) is 0. The Morgan fingerprint density at radius 3 is 2.57 bits per heavy atom. The molecule has 5 rings (SSSR count). The number of phenols is 1. The summed E-state index contributed by atoms with van der Waals surface area (Å²) in [6.07, 6.45) is 2.48. The highest BCUT2D eigenvalue weighted by atomic mass is 16.3. The lowest BCUT2D eigenvalue weighted by Crippen LogP contribution is -2.73. The average molecular weight is 472 g/mol. The van der Waals surface area contributed by atoms with Crippen LogP contribution < -0.4 is 10.7 Å². The summed E-state index contributed by atoms with van der Waals surface area (Å²) in [5.74, 6) is 6.53. The SMILES string of the molecule is CC(C)C(C=O)N=C/C(=N\N)N1CC2(C1)CN(c1ccc3cc(-c4ccccc4O)nnc3c1)C2. The van der Waals surface area contributed by atoms with Crippen molar-refractivity contribution >= 4 is 34.9 Å². The van der Waals surface area contributed by atoms with Gasteiger partial charge in [-0.3, -0.25) is 4.99 Å². The van der Waals surface area contributed by atoms with Crippen LogP contribution in [0.1, 0.15) is 13.8 Å². The third-order valence-electron chi connectivity index (χ3n) is 6.86. The van der Waals surface area contributed by atoms with Crippen molar-refractivity contribution in [1.82, 2.24) is 15.1 Å². The van der Waals surface area contributed by atoms with E-state index in [1.165, 1.54) is 0 Å². The number of hydrogen-bond donors (Lipinski definition) is 2. The van der Waals surface area contributed by atoms with E-state index >= 15 is 0 Å². The Bertz CT molecular complexity index is 1310. The van der Waals surface area contributed by atoms with E-state index in [1.807, 2.05) is 32.0 Å². The van der Waals surface area contributed by atoms with Gasteiger partial charge in [-0.15, -0.1) is 10.2 Å². The number of aromatic hydroxyl groups is 1. The normalized spacial score (nSPS) is 18.2. The number of anilines is 1. The summed E-state index contributed by atoms with van der Waals surface area (Å²) in [5.41, 5.74) is 3.46. The molecule has 3 N–H and O–H groups in total. The number of phenolic OH excluding ortho intramolecular Hbond substituents is 1. The van der Waals surface area contributed by atoms with Crippen molar-refractivity contribution in [3.05, 3.63) is 48.5 Å². The Hall–Kier alpha value is -4.01. The van der Waals surface area contributed by atoms with Gasteiger partial charge in [-0.2, -0.15) is 5.10 Å². The highest BCUT2D eigenvalue weighted by molar-refractivity contribution is 6.29. The van der Waals surface area contributed by atoms with Crippen LogP contribution in [0.15, 0.2) is 58.6 Å². The summed E-state index contributed by atoms with van der Waals surface area (Å²) >= 11 is 0. The van der Waals surface area contributed by atoms with Crippen LogP contribution in [0.4, 0.5) is 5.69 Å². The molecular formula is C26H29N7O2. The number of carbonyl (C=O) groups is 1. The zero-order chi connectivity index (χ0) is 24.6. The number of hydrogen-bond acceptors (Lipinski definition) is 8. The molecule has 0 amide bonds. The van der Waals surface area contributed by atoms with Gasteiger partial charge in [0.15, 0.2) is 5.84 Å². The molecule has 1 atom stereocenters. The molecule has 0 saturated carbocycles. The first kappa shape index (κ1) is 22.8. The van der Waals surface area contributed by atoms with Crippen molar-refractivity contribution in [2.45, 2.75) is 19.9 Å². The summed E-state index contributed by atoms with van der Waals surface area (Å²) < 4.78 is 0. The number of likely N-dealkylation sites (tertiary alicyclic amines) is 1. The number of carbonyl (C=O) groups excluding carboxylic acids is 1. The fourth-order valence-electron chi connectivity index (χ4n) is 4.83. The van der Waals surface area contributed by atoms with Crippen molar-refractivity contribution in [2.75, 3.05) is 31.1 Å². The lowest BCUT2D eigenvalue weighted by atomic mass is 9.72. The van der Waals surface area contributed by atoms with Crippen LogP contribution in [0, 0.1) is 11.3 Å². The molecule has 2 fully saturated rings. The van der Waals surface area contributed by atoms with Crippen LogP contribution in [0.3, 0.4) is 0 Å². The van der Waals surface area contributed by atoms with Crippen molar-refractivity contribution in [3.63, 3.8) is 0 Å². The summed E-state index contributed by atoms with van der Waals surface area (Å²) in [6, 6.07) is 14.9. The van der Waals surface area contributed by atoms with Crippen molar-refractivity contribution < 1.29 is 9.90 Å². The van der Waals surface area contributed by atoms with Gasteiger partial charge in [-0.25, -0.2) is 0 Å². The minimum Gasteiger partial charge on any atom is -0.507 e. The van der Waals surface area contributed by atoms with E-state index in [9.17, 15) is 9.90 Å². The fourth-order valence-corrected chi connectivity index (χ4v) is 4.83. The van der Waals surface area contributed by atoms with Crippen LogP contribution in [0.25, 0.3) is 22.2 Å². The van der Waals surface area contributed by atoms with Crippen LogP contribution in [0.5, 0.6) is 5.75 Å². The average Bonchev–Trinajstić information content (AvgIpc) is 2.81. The Labute approximate surface area is 204 Å². The number of aldehydes is 1. The topological polar surface area (TPSA) is 120 Å². The van der Waals surface area contributed by atoms with Gasteiger partial charge in [0.2, 0.25) is 0 Å². The van der Waals surface area contributed by atoms with Gasteiger partial charge in [0.05, 0.1) is 17.4 Å². The molecule has 0 bridgehead atoms. The van der Waals surface area contributed by atoms with Gasteiger partial charge in [-0.05, 0) is 36.2 Å². The van der Waals surface area contributed by atoms with Crippen LogP contribution in [-0.4, -0.2) is 70.8 Å². The Kier molecular flexibility index (Phi) is 5.84. The van der Waals surface area contributed by atoms with Gasteiger partial charge in [0.25, 0.3) is 0 Å². The molecule has 180 valence electrons. The van der Waals surface area contributed by atoms with Crippen LogP contribution in [0.2, 0.25) is 0 Å². The molecule has 0 radical (unpaired) electrons. The third-order valence-corrected chi connectivity index (χ3v) is 6.86. The highest BCUT2D eigenvalue weighted by Crippen LogP contribution is 2.42. The monoisotopic (exact) mass is 471 g/mol. The van der Waals surface area contributed by atoms with E-state index in [2.05, 4.69) is 48.3 Å². The molecule has 1 aromatic heterocycles. The predicted molar refractivity (Wildman–Crippen MR) is 138 cm³/mol. The van der Waals surface area contributed by atoms with E-state index in [-0.39, 0.29) is 23.1 Å². The number of aliphatic imine (C=N–C) groups is 1. The van der Waals surface area contributed by atoms with Gasteiger partial charge in [0.1, 0.15) is 18.1 Å². The number of aromatic nitrogens is 2. The minimum absolute atomic E-state index is 0.134. The molecule has 3 aromatic rings. The zero-order valence-electron chi connectivity index (χ0n) is 19.9. The van der Waals surface area contributed by atoms with Gasteiger partial charge >= 0.3 is 0 Å². The summed E-state index contributed by atoms with van der Waals surface area (Å²) in [6.45, 7) is 7.52. The van der Waals surface area contributed by atoms with E-state index in [0.29, 0.717) is 17.1 Å². The minimum atomic E-state index is -0.383. The van der Waals surface area contributed by atoms with Crippen LogP contribution in [-0.2, 0) is 4.79 Å². The summed E-state index contributed by atoms with van der Waals surface area (Å²) in [5, 5.41) is 23.7. The predicted octanol–water partition coefficient (Wildman–Crippen LogP) is 2.69. The van der Waals surface area contributed by atoms with Gasteiger partial charge in [-0.1, -0.05) is 32.0 Å². The number of amidine groups is 1.